The van der Waals surface area contributed by atoms with Crippen LogP contribution in [-0.4, -0.2) is 24.1 Å². The van der Waals surface area contributed by atoms with E-state index in [4.69, 9.17) is 32.5 Å². The fraction of sp³-hybridized carbons (Fsp3) is 0.190. The lowest BCUT2D eigenvalue weighted by Crippen LogP contribution is -2.15. The SMILES string of the molecule is COC(=O)c1cc(NC(=O)c2c(-c3c(Cl)cccc3Cl)noc2C)cc(C)c1C. The van der Waals surface area contributed by atoms with E-state index in [-0.39, 0.29) is 11.3 Å². The highest BCUT2D eigenvalue weighted by Crippen LogP contribution is 2.37. The van der Waals surface area contributed by atoms with E-state index < -0.39 is 11.9 Å². The molecule has 0 unspecified atom stereocenters. The van der Waals surface area contributed by atoms with Gasteiger partial charge in [0.1, 0.15) is 17.0 Å². The molecule has 0 bridgehead atoms. The number of amides is 1. The van der Waals surface area contributed by atoms with Gasteiger partial charge in [-0.15, -0.1) is 0 Å². The first-order valence-electron chi connectivity index (χ1n) is 8.66. The van der Waals surface area contributed by atoms with Crippen LogP contribution in [0.4, 0.5) is 5.69 Å². The number of hydrogen-bond donors (Lipinski definition) is 1. The molecule has 29 heavy (non-hydrogen) atoms. The molecule has 0 radical (unpaired) electrons. The highest BCUT2D eigenvalue weighted by Gasteiger charge is 2.25. The van der Waals surface area contributed by atoms with Gasteiger partial charge in [0.15, 0.2) is 0 Å². The van der Waals surface area contributed by atoms with Crippen LogP contribution >= 0.6 is 23.2 Å². The predicted octanol–water partition coefficient (Wildman–Crippen LogP) is 5.61. The number of hydrogen-bond acceptors (Lipinski definition) is 5. The van der Waals surface area contributed by atoms with Crippen LogP contribution in [0.5, 0.6) is 0 Å². The summed E-state index contributed by atoms with van der Waals surface area (Å²) in [6, 6.07) is 8.34. The van der Waals surface area contributed by atoms with E-state index >= 15 is 0 Å². The lowest BCUT2D eigenvalue weighted by Gasteiger charge is -2.12. The van der Waals surface area contributed by atoms with Crippen molar-refractivity contribution in [3.8, 4) is 11.3 Å². The van der Waals surface area contributed by atoms with Gasteiger partial charge in [0.2, 0.25) is 0 Å². The number of ether oxygens (including phenoxy) is 1. The maximum Gasteiger partial charge on any atom is 0.338 e. The Hall–Kier alpha value is -2.83. The van der Waals surface area contributed by atoms with E-state index in [0.717, 1.165) is 11.1 Å². The first-order valence-corrected chi connectivity index (χ1v) is 9.41. The molecular formula is C21H18Cl2N2O4. The predicted molar refractivity (Wildman–Crippen MR) is 112 cm³/mol. The third-order valence-corrected chi connectivity index (χ3v) is 5.25. The van der Waals surface area contributed by atoms with Gasteiger partial charge in [0.05, 0.1) is 22.7 Å². The minimum atomic E-state index is -0.480. The topological polar surface area (TPSA) is 81.4 Å². The molecule has 1 aromatic heterocycles. The number of nitrogens with zero attached hydrogens (tertiary/aromatic N) is 1. The van der Waals surface area contributed by atoms with E-state index in [2.05, 4.69) is 10.5 Å². The van der Waals surface area contributed by atoms with Gasteiger partial charge in [0, 0.05) is 11.3 Å². The minimum absolute atomic E-state index is 0.206. The zero-order valence-corrected chi connectivity index (χ0v) is 17.7. The first-order chi connectivity index (χ1) is 13.7. The fourth-order valence-electron chi connectivity index (χ4n) is 2.98. The molecule has 150 valence electrons. The Labute approximate surface area is 177 Å². The summed E-state index contributed by atoms with van der Waals surface area (Å²) in [5, 5.41) is 7.46. The first kappa shape index (κ1) is 20.9. The van der Waals surface area contributed by atoms with Crippen molar-refractivity contribution in [3.63, 3.8) is 0 Å². The molecule has 0 spiro atoms. The molecule has 0 atom stereocenters. The highest BCUT2D eigenvalue weighted by atomic mass is 35.5. The van der Waals surface area contributed by atoms with Gasteiger partial charge in [0.25, 0.3) is 5.91 Å². The van der Waals surface area contributed by atoms with Crippen LogP contribution < -0.4 is 5.32 Å². The monoisotopic (exact) mass is 432 g/mol. The quantitative estimate of drug-likeness (QED) is 0.541. The molecule has 1 heterocycles. The van der Waals surface area contributed by atoms with Crippen molar-refractivity contribution < 1.29 is 18.8 Å². The number of carbonyl (C=O) groups is 2. The lowest BCUT2D eigenvalue weighted by molar-refractivity contribution is 0.0599. The average molecular weight is 433 g/mol. The second kappa shape index (κ2) is 8.27. The van der Waals surface area contributed by atoms with Gasteiger partial charge in [-0.3, -0.25) is 4.79 Å². The molecular weight excluding hydrogens is 415 g/mol. The number of carbonyl (C=O) groups excluding carboxylic acids is 2. The molecule has 2 aromatic carbocycles. The van der Waals surface area contributed by atoms with Gasteiger partial charge in [-0.1, -0.05) is 34.4 Å². The van der Waals surface area contributed by atoms with Crippen molar-refractivity contribution in [1.82, 2.24) is 5.16 Å². The lowest BCUT2D eigenvalue weighted by atomic mass is 10.0. The van der Waals surface area contributed by atoms with Crippen molar-refractivity contribution in [2.24, 2.45) is 0 Å². The molecule has 0 saturated carbocycles. The Morgan fingerprint density at radius 3 is 2.38 bits per heavy atom. The molecule has 0 aliphatic heterocycles. The normalized spacial score (nSPS) is 10.7. The van der Waals surface area contributed by atoms with E-state index in [0.29, 0.717) is 32.6 Å². The second-order valence-electron chi connectivity index (χ2n) is 6.47. The van der Waals surface area contributed by atoms with Gasteiger partial charge >= 0.3 is 5.97 Å². The Kier molecular flexibility index (Phi) is 5.96. The standard InChI is InChI=1S/C21H18Cl2N2O4/c1-10-8-13(9-14(11(10)2)21(27)28-4)24-20(26)17-12(3)29-25-19(17)18-15(22)6-5-7-16(18)23/h5-9H,1-4H3,(H,24,26). The smallest absolute Gasteiger partial charge is 0.338 e. The number of aromatic nitrogens is 1. The number of methoxy groups -OCH3 is 1. The Balaban J connectivity index is 2.03. The van der Waals surface area contributed by atoms with E-state index in [1.165, 1.54) is 7.11 Å². The summed E-state index contributed by atoms with van der Waals surface area (Å²) in [7, 11) is 1.31. The maximum absolute atomic E-state index is 13.0. The van der Waals surface area contributed by atoms with Crippen molar-refractivity contribution in [1.29, 1.82) is 0 Å². The van der Waals surface area contributed by atoms with Crippen LogP contribution in [0.25, 0.3) is 11.3 Å². The fourth-order valence-corrected chi connectivity index (χ4v) is 3.56. The second-order valence-corrected chi connectivity index (χ2v) is 7.28. The van der Waals surface area contributed by atoms with Crippen LogP contribution in [0.1, 0.15) is 37.6 Å². The van der Waals surface area contributed by atoms with E-state index in [1.807, 2.05) is 13.8 Å². The number of rotatable bonds is 4. The highest BCUT2D eigenvalue weighted by molar-refractivity contribution is 6.39. The third-order valence-electron chi connectivity index (χ3n) is 4.62. The van der Waals surface area contributed by atoms with Crippen LogP contribution in [0, 0.1) is 20.8 Å². The minimum Gasteiger partial charge on any atom is -0.465 e. The maximum atomic E-state index is 13.0. The molecule has 1 amide bonds. The van der Waals surface area contributed by atoms with Gasteiger partial charge in [-0.05, 0) is 56.2 Å². The van der Waals surface area contributed by atoms with Crippen molar-refractivity contribution in [2.45, 2.75) is 20.8 Å². The van der Waals surface area contributed by atoms with Gasteiger partial charge in [-0.2, -0.15) is 0 Å². The molecule has 8 heteroatoms. The molecule has 0 saturated heterocycles. The number of esters is 1. The number of halogens is 2. The number of benzene rings is 2. The Morgan fingerprint density at radius 1 is 1.10 bits per heavy atom. The van der Waals surface area contributed by atoms with Crippen LogP contribution in [0.15, 0.2) is 34.9 Å². The number of anilines is 1. The van der Waals surface area contributed by atoms with E-state index in [1.54, 1.807) is 37.3 Å². The molecule has 3 aromatic rings. The van der Waals surface area contributed by atoms with Gasteiger partial charge in [-0.25, -0.2) is 4.79 Å². The van der Waals surface area contributed by atoms with Crippen LogP contribution in [-0.2, 0) is 4.74 Å². The van der Waals surface area contributed by atoms with Crippen molar-refractivity contribution in [2.75, 3.05) is 12.4 Å². The molecule has 0 aliphatic carbocycles. The van der Waals surface area contributed by atoms with Crippen LogP contribution in [0.2, 0.25) is 10.0 Å². The Morgan fingerprint density at radius 2 is 1.76 bits per heavy atom. The largest absolute Gasteiger partial charge is 0.465 e. The average Bonchev–Trinajstić information content (AvgIpc) is 3.05. The summed E-state index contributed by atoms with van der Waals surface area (Å²) in [5.41, 5.74) is 3.28. The third kappa shape index (κ3) is 3.99. The van der Waals surface area contributed by atoms with Crippen molar-refractivity contribution in [3.05, 3.63) is 68.4 Å². The number of nitrogens with one attached hydrogen (secondary N) is 1. The molecule has 6 nitrogen and oxygen atoms in total. The zero-order valence-electron chi connectivity index (χ0n) is 16.2. The molecule has 1 N–H and O–H groups in total. The summed E-state index contributed by atoms with van der Waals surface area (Å²) < 4.78 is 10.1. The number of aryl methyl sites for hydroxylation is 2. The Bertz CT molecular complexity index is 1100. The summed E-state index contributed by atoms with van der Waals surface area (Å²) in [5.74, 6) is -0.634. The van der Waals surface area contributed by atoms with Crippen LogP contribution in [0.3, 0.4) is 0 Å². The molecule has 3 rings (SSSR count). The zero-order chi connectivity index (χ0) is 21.3. The summed E-state index contributed by atoms with van der Waals surface area (Å²) in [6.45, 7) is 5.28. The molecule has 0 fully saturated rings. The summed E-state index contributed by atoms with van der Waals surface area (Å²) >= 11 is 12.5. The molecule has 0 aliphatic rings. The van der Waals surface area contributed by atoms with Crippen molar-refractivity contribution >= 4 is 40.8 Å². The summed E-state index contributed by atoms with van der Waals surface area (Å²) in [6.07, 6.45) is 0. The van der Waals surface area contributed by atoms with E-state index in [9.17, 15) is 9.59 Å². The van der Waals surface area contributed by atoms with Gasteiger partial charge < -0.3 is 14.6 Å². The summed E-state index contributed by atoms with van der Waals surface area (Å²) in [4.78, 5) is 25.1.